The van der Waals surface area contributed by atoms with Crippen LogP contribution in [-0.4, -0.2) is 84.1 Å². The van der Waals surface area contributed by atoms with Gasteiger partial charge in [-0.1, -0.05) is 31.1 Å². The number of hydrogen-bond donors (Lipinski definition) is 2. The summed E-state index contributed by atoms with van der Waals surface area (Å²) < 4.78 is 66.2. The van der Waals surface area contributed by atoms with Crippen molar-refractivity contribution < 1.29 is 41.6 Å². The van der Waals surface area contributed by atoms with E-state index >= 15 is 0 Å². The number of aliphatic imine (C=N–C) groups is 1. The number of carbonyl (C=O) groups is 1. The van der Waals surface area contributed by atoms with Crippen molar-refractivity contribution in [2.75, 3.05) is 20.1 Å². The Morgan fingerprint density at radius 3 is 2.06 bits per heavy atom. The number of alkyl halides is 2. The lowest BCUT2D eigenvalue weighted by Gasteiger charge is -2.31. The van der Waals surface area contributed by atoms with Crippen LogP contribution in [0.15, 0.2) is 66.5 Å². The molecule has 0 saturated carbocycles. The van der Waals surface area contributed by atoms with Crippen LogP contribution in [0.3, 0.4) is 0 Å². The Balaban J connectivity index is 0.000000245. The van der Waals surface area contributed by atoms with Crippen molar-refractivity contribution in [3.63, 3.8) is 0 Å². The van der Waals surface area contributed by atoms with Gasteiger partial charge in [-0.15, -0.1) is 0 Å². The molecule has 68 heavy (non-hydrogen) atoms. The van der Waals surface area contributed by atoms with Crippen molar-refractivity contribution in [2.45, 2.75) is 118 Å². The van der Waals surface area contributed by atoms with E-state index in [0.717, 1.165) is 68.4 Å². The molecule has 0 atom stereocenters. The minimum atomic E-state index is -2.90. The van der Waals surface area contributed by atoms with Crippen LogP contribution >= 0.6 is 0 Å². The number of aromatic nitrogens is 4. The summed E-state index contributed by atoms with van der Waals surface area (Å²) in [6, 6.07) is 11.2. The third-order valence-corrected chi connectivity index (χ3v) is 11.4. The lowest BCUT2D eigenvalue weighted by molar-refractivity contribution is -0.105. The predicted octanol–water partition coefficient (Wildman–Crippen LogP) is 9.02. The molecule has 0 saturated heterocycles. The highest BCUT2D eigenvalue weighted by molar-refractivity contribution is 5.84. The number of aldehydes is 1. The zero-order valence-corrected chi connectivity index (χ0v) is 39.2. The molecule has 5 aromatic rings. The molecule has 1 aliphatic heterocycles. The lowest BCUT2D eigenvalue weighted by Crippen LogP contribution is -2.37. The number of rotatable bonds is 13. The van der Waals surface area contributed by atoms with E-state index in [4.69, 9.17) is 14.0 Å². The molecule has 2 aromatic carbocycles. The van der Waals surface area contributed by atoms with Gasteiger partial charge in [0.05, 0.1) is 35.6 Å². The first-order valence-corrected chi connectivity index (χ1v) is 22.4. The highest BCUT2D eigenvalue weighted by Crippen LogP contribution is 2.32. The molecular formula is C49H55F4N9O6. The van der Waals surface area contributed by atoms with Crippen LogP contribution in [0, 0.1) is 34.3 Å². The maximum absolute atomic E-state index is 13.6. The van der Waals surface area contributed by atoms with E-state index in [0.29, 0.717) is 73.0 Å². The summed E-state index contributed by atoms with van der Waals surface area (Å²) in [4.78, 5) is 38.3. The van der Waals surface area contributed by atoms with Crippen molar-refractivity contribution in [1.29, 1.82) is 10.5 Å². The number of benzene rings is 2. The number of carbonyl (C=O) groups excluding carboxylic acids is 1. The zero-order chi connectivity index (χ0) is 49.9. The van der Waals surface area contributed by atoms with E-state index in [1.165, 1.54) is 10.6 Å². The van der Waals surface area contributed by atoms with Gasteiger partial charge in [0.15, 0.2) is 34.7 Å². The van der Waals surface area contributed by atoms with E-state index in [1.807, 2.05) is 44.9 Å². The second-order valence-electron chi connectivity index (χ2n) is 16.6. The Kier molecular flexibility index (Phi) is 17.6. The molecule has 0 fully saturated rings. The average molecular weight is 942 g/mol. The van der Waals surface area contributed by atoms with E-state index in [2.05, 4.69) is 34.0 Å². The minimum absolute atomic E-state index is 0.0400. The monoisotopic (exact) mass is 941 g/mol. The van der Waals surface area contributed by atoms with Crippen LogP contribution in [0.4, 0.5) is 17.6 Å². The lowest BCUT2D eigenvalue weighted by atomic mass is 9.97. The second kappa shape index (κ2) is 23.1. The van der Waals surface area contributed by atoms with E-state index in [9.17, 15) is 47.9 Å². The quantitative estimate of drug-likeness (QED) is 0.0489. The summed E-state index contributed by atoms with van der Waals surface area (Å²) in [5.41, 5.74) is 3.75. The normalized spacial score (nSPS) is 14.0. The van der Waals surface area contributed by atoms with Gasteiger partial charge in [-0.05, 0) is 70.7 Å². The van der Waals surface area contributed by atoms with Gasteiger partial charge in [0.25, 0.3) is 5.56 Å². The Morgan fingerprint density at radius 1 is 0.941 bits per heavy atom. The van der Waals surface area contributed by atoms with E-state index in [1.54, 1.807) is 6.07 Å². The van der Waals surface area contributed by atoms with Gasteiger partial charge in [0.1, 0.15) is 41.5 Å². The number of phenols is 2. The van der Waals surface area contributed by atoms with Crippen LogP contribution in [0.1, 0.15) is 113 Å². The fourth-order valence-corrected chi connectivity index (χ4v) is 7.73. The van der Waals surface area contributed by atoms with E-state index < -0.39 is 35.5 Å². The molecule has 0 spiro atoms. The number of halogens is 4. The highest BCUT2D eigenvalue weighted by atomic mass is 19.3. The number of nitrogens with zero attached hydrogens (tertiary/aromatic N) is 9. The molecule has 0 amide bonds. The molecule has 0 bridgehead atoms. The molecule has 2 aliphatic rings. The van der Waals surface area contributed by atoms with Gasteiger partial charge < -0.3 is 24.2 Å². The maximum atomic E-state index is 13.6. The van der Waals surface area contributed by atoms with Crippen molar-refractivity contribution in [3.05, 3.63) is 109 Å². The predicted molar refractivity (Wildman–Crippen MR) is 245 cm³/mol. The molecule has 0 unspecified atom stereocenters. The third kappa shape index (κ3) is 12.6. The SMILES string of the molecule is CC.CC(F)(F)CCc1nc2c(c(=O)n1Cc1cc(-c3cc(O)c(F)cc3C#N)on1)CCCC2.CCC(=NC1=C(C=O)CN(C(C)C)CC1)N(C)Cc1cc(-c2cc(O)c(F)cc2C#N)on1. The van der Waals surface area contributed by atoms with Gasteiger partial charge in [0, 0.05) is 86.3 Å². The fourth-order valence-electron chi connectivity index (χ4n) is 7.73. The Hall–Kier alpha value is -7.12. The van der Waals surface area contributed by atoms with Crippen LogP contribution in [0.5, 0.6) is 11.5 Å². The molecule has 2 N–H and O–H groups in total. The molecule has 4 heterocycles. The molecule has 3 aromatic heterocycles. The largest absolute Gasteiger partial charge is 0.505 e. The molecule has 19 heteroatoms. The molecule has 7 rings (SSSR count). The topological polar surface area (TPSA) is 211 Å². The van der Waals surface area contributed by atoms with Crippen molar-refractivity contribution >= 4 is 12.1 Å². The number of aromatic hydroxyl groups is 2. The first-order valence-electron chi connectivity index (χ1n) is 22.4. The Labute approximate surface area is 391 Å². The molecule has 360 valence electrons. The Morgan fingerprint density at radius 2 is 1.51 bits per heavy atom. The Bertz CT molecular complexity index is 2810. The summed E-state index contributed by atoms with van der Waals surface area (Å²) in [5.74, 6) is -4.53. The molecule has 15 nitrogen and oxygen atoms in total. The summed E-state index contributed by atoms with van der Waals surface area (Å²) in [6.45, 7) is 12.8. The molecule has 1 aliphatic carbocycles. The fraction of sp³-hybridized carbons (Fsp3) is 0.429. The van der Waals surface area contributed by atoms with Gasteiger partial charge >= 0.3 is 0 Å². The van der Waals surface area contributed by atoms with Crippen LogP contribution in [-0.2, 0) is 37.1 Å². The number of aryl methyl sites for hydroxylation is 2. The van der Waals surface area contributed by atoms with Crippen molar-refractivity contribution in [3.8, 4) is 46.3 Å². The summed E-state index contributed by atoms with van der Waals surface area (Å²) in [7, 11) is 1.88. The van der Waals surface area contributed by atoms with Crippen LogP contribution < -0.4 is 5.56 Å². The average Bonchev–Trinajstić information content (AvgIpc) is 4.00. The number of nitriles is 2. The number of fused-ring (bicyclic) bond motifs is 1. The second-order valence-corrected chi connectivity index (χ2v) is 16.6. The first-order chi connectivity index (χ1) is 32.4. The maximum Gasteiger partial charge on any atom is 0.257 e. The van der Waals surface area contributed by atoms with Gasteiger partial charge in [-0.2, -0.15) is 10.5 Å². The molecule has 0 radical (unpaired) electrons. The van der Waals surface area contributed by atoms with Gasteiger partial charge in [-0.3, -0.25) is 19.1 Å². The van der Waals surface area contributed by atoms with Gasteiger partial charge in [-0.25, -0.2) is 27.5 Å². The summed E-state index contributed by atoms with van der Waals surface area (Å²) >= 11 is 0. The standard InChI is InChI=1S/C24H28FN5O3.C23H21F3N4O3.C2H6/c1-5-24(27-21-6-7-30(15(2)3)12-17(21)14-31)29(4)13-18-9-23(33-28-18)19-10-22(32)20(25)8-16(19)11-26;1-23(25,26)7-6-21-28-18-5-3-2-4-15(18)22(32)30(21)12-14-9-20(33-29-14)16-10-19(31)17(24)8-13(16)11-27;1-2/h8-10,14-15,32H,5-7,12-13H2,1-4H3;8-10,31H,2-7,12H2,1H3;1-2H3. The number of phenolic OH excluding ortho intramolecular Hbond substituents is 2. The van der Waals surface area contributed by atoms with Gasteiger partial charge in [0.2, 0.25) is 5.92 Å². The van der Waals surface area contributed by atoms with Crippen LogP contribution in [0.2, 0.25) is 0 Å². The minimum Gasteiger partial charge on any atom is -0.505 e. The highest BCUT2D eigenvalue weighted by Gasteiger charge is 2.26. The number of hydrogen-bond acceptors (Lipinski definition) is 13. The third-order valence-electron chi connectivity index (χ3n) is 11.4. The zero-order valence-electron chi connectivity index (χ0n) is 39.2. The molecular weight excluding hydrogens is 887 g/mol. The summed E-state index contributed by atoms with van der Waals surface area (Å²) in [6.07, 6.45) is 4.70. The van der Waals surface area contributed by atoms with Crippen molar-refractivity contribution in [1.82, 2.24) is 29.7 Å². The van der Waals surface area contributed by atoms with Crippen molar-refractivity contribution in [2.24, 2.45) is 4.99 Å². The summed E-state index contributed by atoms with van der Waals surface area (Å²) in [5, 5.41) is 45.9. The van der Waals surface area contributed by atoms with Crippen LogP contribution in [0.25, 0.3) is 22.6 Å². The van der Waals surface area contributed by atoms with E-state index in [-0.39, 0.29) is 58.1 Å². The number of amidine groups is 1. The first kappa shape index (κ1) is 51.9. The smallest absolute Gasteiger partial charge is 0.257 e.